The molecule has 1 rings (SSSR count). The van der Waals surface area contributed by atoms with Gasteiger partial charge in [-0.1, -0.05) is 0 Å². The third-order valence-corrected chi connectivity index (χ3v) is 3.40. The predicted molar refractivity (Wildman–Crippen MR) is 64.2 cm³/mol. The Hall–Kier alpha value is -0.610. The van der Waals surface area contributed by atoms with Crippen molar-refractivity contribution >= 4 is 5.91 Å². The summed E-state index contributed by atoms with van der Waals surface area (Å²) < 4.78 is 0. The number of amides is 1. The first-order chi connectivity index (χ1) is 7.65. The molecule has 0 aromatic carbocycles. The van der Waals surface area contributed by atoms with Crippen molar-refractivity contribution in [1.82, 2.24) is 9.80 Å². The molecule has 0 aromatic heterocycles. The molecule has 1 amide bonds. The molecule has 4 nitrogen and oxygen atoms in total. The normalized spacial score (nSPS) is 18.9. The smallest absolute Gasteiger partial charge is 0.223 e. The minimum atomic E-state index is 0.133. The summed E-state index contributed by atoms with van der Waals surface area (Å²) in [5.41, 5.74) is 0. The highest BCUT2D eigenvalue weighted by atomic mass is 16.3. The molecule has 16 heavy (non-hydrogen) atoms. The van der Waals surface area contributed by atoms with E-state index in [-0.39, 0.29) is 18.6 Å². The third kappa shape index (κ3) is 4.10. The van der Waals surface area contributed by atoms with Gasteiger partial charge in [-0.05, 0) is 33.2 Å². The Balaban J connectivity index is 2.23. The Morgan fingerprint density at radius 1 is 1.38 bits per heavy atom. The lowest BCUT2D eigenvalue weighted by atomic mass is 10.1. The van der Waals surface area contributed by atoms with Crippen molar-refractivity contribution in [2.75, 3.05) is 33.3 Å². The van der Waals surface area contributed by atoms with E-state index in [1.807, 2.05) is 23.8 Å². The van der Waals surface area contributed by atoms with Gasteiger partial charge in [0.25, 0.3) is 0 Å². The van der Waals surface area contributed by atoms with Crippen LogP contribution < -0.4 is 0 Å². The van der Waals surface area contributed by atoms with E-state index < -0.39 is 0 Å². The second kappa shape index (κ2) is 6.86. The molecule has 1 N–H and O–H groups in total. The Kier molecular flexibility index (Phi) is 5.77. The molecule has 1 atom stereocenters. The Labute approximate surface area is 98.2 Å². The maximum atomic E-state index is 11.9. The van der Waals surface area contributed by atoms with Crippen LogP contribution in [0.25, 0.3) is 0 Å². The molecule has 0 radical (unpaired) electrons. The van der Waals surface area contributed by atoms with E-state index in [2.05, 4.69) is 0 Å². The van der Waals surface area contributed by atoms with Crippen LogP contribution in [0.5, 0.6) is 0 Å². The van der Waals surface area contributed by atoms with E-state index in [1.54, 1.807) is 0 Å². The number of piperidine rings is 1. The Morgan fingerprint density at radius 3 is 2.56 bits per heavy atom. The molecule has 1 unspecified atom stereocenters. The first kappa shape index (κ1) is 13.5. The van der Waals surface area contributed by atoms with Gasteiger partial charge in [0.05, 0.1) is 6.61 Å². The van der Waals surface area contributed by atoms with E-state index in [0.717, 1.165) is 32.5 Å². The molecule has 1 fully saturated rings. The van der Waals surface area contributed by atoms with Gasteiger partial charge in [0.1, 0.15) is 0 Å². The number of likely N-dealkylation sites (tertiary alicyclic amines) is 1. The molecular formula is C12H24N2O2. The Bertz CT molecular complexity index is 215. The van der Waals surface area contributed by atoms with Crippen molar-refractivity contribution in [2.24, 2.45) is 0 Å². The quantitative estimate of drug-likeness (QED) is 0.753. The standard InChI is InChI=1S/C12H24N2O2/c1-11(10-15)13(2)9-6-12(16)14-7-4-3-5-8-14/h11,15H,3-10H2,1-2H3. The van der Waals surface area contributed by atoms with E-state index in [9.17, 15) is 4.79 Å². The molecule has 4 heteroatoms. The van der Waals surface area contributed by atoms with Gasteiger partial charge < -0.3 is 14.9 Å². The summed E-state index contributed by atoms with van der Waals surface area (Å²) in [5.74, 6) is 0.261. The first-order valence-electron chi connectivity index (χ1n) is 6.24. The van der Waals surface area contributed by atoms with Gasteiger partial charge in [-0.2, -0.15) is 0 Å². The van der Waals surface area contributed by atoms with Crippen LogP contribution in [0.1, 0.15) is 32.6 Å². The zero-order valence-electron chi connectivity index (χ0n) is 10.5. The number of hydrogen-bond acceptors (Lipinski definition) is 3. The lowest BCUT2D eigenvalue weighted by molar-refractivity contribution is -0.132. The fraction of sp³-hybridized carbons (Fsp3) is 0.917. The highest BCUT2D eigenvalue weighted by Gasteiger charge is 2.17. The number of carbonyl (C=O) groups excluding carboxylic acids is 1. The number of likely N-dealkylation sites (N-methyl/N-ethyl adjacent to an activating group) is 1. The van der Waals surface area contributed by atoms with Crippen molar-refractivity contribution in [3.8, 4) is 0 Å². The molecule has 0 aromatic rings. The van der Waals surface area contributed by atoms with E-state index in [4.69, 9.17) is 5.11 Å². The van der Waals surface area contributed by atoms with Crippen molar-refractivity contribution in [3.05, 3.63) is 0 Å². The Morgan fingerprint density at radius 2 is 2.00 bits per heavy atom. The molecule has 0 aliphatic carbocycles. The van der Waals surface area contributed by atoms with Crippen LogP contribution in [0, 0.1) is 0 Å². The molecule has 1 aliphatic heterocycles. The number of aliphatic hydroxyl groups excluding tert-OH is 1. The van der Waals surface area contributed by atoms with Crippen LogP contribution in [0.2, 0.25) is 0 Å². The summed E-state index contributed by atoms with van der Waals surface area (Å²) in [6.07, 6.45) is 4.12. The molecule has 0 bridgehead atoms. The average Bonchev–Trinajstić information content (AvgIpc) is 2.35. The fourth-order valence-corrected chi connectivity index (χ4v) is 1.93. The maximum absolute atomic E-state index is 11.9. The summed E-state index contributed by atoms with van der Waals surface area (Å²) >= 11 is 0. The van der Waals surface area contributed by atoms with Gasteiger partial charge in [-0.15, -0.1) is 0 Å². The summed E-state index contributed by atoms with van der Waals surface area (Å²) in [6.45, 7) is 4.70. The second-order valence-electron chi connectivity index (χ2n) is 4.70. The molecule has 1 heterocycles. The number of nitrogens with zero attached hydrogens (tertiary/aromatic N) is 2. The SMILES string of the molecule is CC(CO)N(C)CCC(=O)N1CCCCC1. The van der Waals surface area contributed by atoms with Crippen molar-refractivity contribution in [1.29, 1.82) is 0 Å². The van der Waals surface area contributed by atoms with E-state index in [0.29, 0.717) is 6.42 Å². The lowest BCUT2D eigenvalue weighted by Gasteiger charge is -2.28. The lowest BCUT2D eigenvalue weighted by Crippen LogP contribution is -2.39. The van der Waals surface area contributed by atoms with Crippen molar-refractivity contribution in [3.63, 3.8) is 0 Å². The van der Waals surface area contributed by atoms with Gasteiger partial charge in [0, 0.05) is 32.1 Å². The zero-order chi connectivity index (χ0) is 12.0. The first-order valence-corrected chi connectivity index (χ1v) is 6.24. The third-order valence-electron chi connectivity index (χ3n) is 3.40. The van der Waals surface area contributed by atoms with Gasteiger partial charge in [0.2, 0.25) is 5.91 Å². The van der Waals surface area contributed by atoms with Crippen LogP contribution in [0.15, 0.2) is 0 Å². The monoisotopic (exact) mass is 228 g/mol. The van der Waals surface area contributed by atoms with Gasteiger partial charge in [0.15, 0.2) is 0 Å². The molecule has 1 aliphatic rings. The molecule has 1 saturated heterocycles. The van der Waals surface area contributed by atoms with E-state index in [1.165, 1.54) is 6.42 Å². The van der Waals surface area contributed by atoms with Gasteiger partial charge in [-0.25, -0.2) is 0 Å². The highest BCUT2D eigenvalue weighted by molar-refractivity contribution is 5.76. The molecule has 0 spiro atoms. The van der Waals surface area contributed by atoms with Crippen LogP contribution in [-0.2, 0) is 4.79 Å². The number of rotatable bonds is 5. The van der Waals surface area contributed by atoms with Crippen LogP contribution in [-0.4, -0.2) is 60.1 Å². The topological polar surface area (TPSA) is 43.8 Å². The van der Waals surface area contributed by atoms with Crippen LogP contribution >= 0.6 is 0 Å². The summed E-state index contributed by atoms with van der Waals surface area (Å²) in [5, 5.41) is 8.98. The van der Waals surface area contributed by atoms with E-state index >= 15 is 0 Å². The van der Waals surface area contributed by atoms with Crippen LogP contribution in [0.4, 0.5) is 0 Å². The van der Waals surface area contributed by atoms with Crippen molar-refractivity contribution in [2.45, 2.75) is 38.6 Å². The summed E-state index contributed by atoms with van der Waals surface area (Å²) in [6, 6.07) is 0.133. The zero-order valence-corrected chi connectivity index (χ0v) is 10.5. The van der Waals surface area contributed by atoms with Crippen molar-refractivity contribution < 1.29 is 9.90 Å². The second-order valence-corrected chi connectivity index (χ2v) is 4.70. The number of carbonyl (C=O) groups is 1. The summed E-state index contributed by atoms with van der Waals surface area (Å²) in [4.78, 5) is 15.9. The maximum Gasteiger partial charge on any atom is 0.223 e. The van der Waals surface area contributed by atoms with Gasteiger partial charge in [-0.3, -0.25) is 4.79 Å². The predicted octanol–water partition coefficient (Wildman–Crippen LogP) is 0.702. The number of hydrogen-bond donors (Lipinski definition) is 1. The number of aliphatic hydroxyl groups is 1. The van der Waals surface area contributed by atoms with Gasteiger partial charge >= 0.3 is 0 Å². The molecule has 0 saturated carbocycles. The minimum Gasteiger partial charge on any atom is -0.395 e. The molecule has 94 valence electrons. The minimum absolute atomic E-state index is 0.133. The summed E-state index contributed by atoms with van der Waals surface area (Å²) in [7, 11) is 1.95. The molecular weight excluding hydrogens is 204 g/mol. The largest absolute Gasteiger partial charge is 0.395 e. The van der Waals surface area contributed by atoms with Crippen LogP contribution in [0.3, 0.4) is 0 Å². The fourth-order valence-electron chi connectivity index (χ4n) is 1.93. The average molecular weight is 228 g/mol. The highest BCUT2D eigenvalue weighted by Crippen LogP contribution is 2.10.